The summed E-state index contributed by atoms with van der Waals surface area (Å²) in [6.07, 6.45) is 0. The molecular weight excluding hydrogens is 241 g/mol. The average molecular weight is 253 g/mol. The summed E-state index contributed by atoms with van der Waals surface area (Å²) >= 11 is 0. The molecule has 1 rings (SSSR count). The molecule has 0 spiro atoms. The summed E-state index contributed by atoms with van der Waals surface area (Å²) in [6.45, 7) is 3.60. The molecule has 0 saturated heterocycles. The van der Waals surface area contributed by atoms with Gasteiger partial charge < -0.3 is 9.84 Å². The summed E-state index contributed by atoms with van der Waals surface area (Å²) in [5, 5.41) is 20.5. The van der Waals surface area contributed by atoms with E-state index in [4.69, 9.17) is 5.26 Å². The third-order valence-electron chi connectivity index (χ3n) is 2.14. The molecule has 5 heteroatoms. The zero-order valence-corrected chi connectivity index (χ0v) is 12.7. The van der Waals surface area contributed by atoms with E-state index in [0.717, 1.165) is 5.56 Å². The van der Waals surface area contributed by atoms with Crippen LogP contribution in [0.25, 0.3) is 5.57 Å². The van der Waals surface area contributed by atoms with E-state index in [1.807, 2.05) is 6.92 Å². The molecule has 88 valence electrons. The predicted octanol–water partition coefficient (Wildman–Crippen LogP) is -1.84. The molecule has 0 aromatic heterocycles. The number of allylic oxidation sites excluding steroid dienone is 1. The first-order valence-corrected chi connectivity index (χ1v) is 5.15. The molecule has 0 amide bonds. The summed E-state index contributed by atoms with van der Waals surface area (Å²) in [7, 11) is 0. The van der Waals surface area contributed by atoms with E-state index in [0.29, 0.717) is 5.56 Å². The maximum atomic E-state index is 11.6. The minimum atomic E-state index is -0.996. The van der Waals surface area contributed by atoms with Crippen LogP contribution >= 0.6 is 0 Å². The Labute approximate surface area is 128 Å². The van der Waals surface area contributed by atoms with Gasteiger partial charge in [-0.05, 0) is 25.2 Å². The summed E-state index contributed by atoms with van der Waals surface area (Å²) in [5.74, 6) is -1.90. The molecule has 0 aliphatic carbocycles. The van der Waals surface area contributed by atoms with Crippen molar-refractivity contribution in [2.75, 3.05) is 6.61 Å². The number of hydrogen-bond acceptors (Lipinski definition) is 4. The molecule has 1 aromatic rings. The molecule has 0 aliphatic heterocycles. The van der Waals surface area contributed by atoms with E-state index in [1.54, 1.807) is 37.3 Å². The monoisotopic (exact) mass is 253 g/mol. The first-order valence-electron chi connectivity index (χ1n) is 5.15. The Bertz CT molecular complexity index is 486. The van der Waals surface area contributed by atoms with E-state index < -0.39 is 11.7 Å². The summed E-state index contributed by atoms with van der Waals surface area (Å²) in [6, 6.07) is 8.54. The molecule has 1 aromatic carbocycles. The molecule has 0 fully saturated rings. The number of rotatable bonds is 3. The fourth-order valence-corrected chi connectivity index (χ4v) is 1.27. The molecule has 18 heavy (non-hydrogen) atoms. The summed E-state index contributed by atoms with van der Waals surface area (Å²) in [4.78, 5) is 11.2. The number of nitriles is 1. The van der Waals surface area contributed by atoms with Crippen molar-refractivity contribution in [2.45, 2.75) is 13.8 Å². The van der Waals surface area contributed by atoms with Crippen LogP contribution in [0.1, 0.15) is 18.1 Å². The van der Waals surface area contributed by atoms with Crippen LogP contribution in [0.5, 0.6) is 0 Å². The Morgan fingerprint density at radius 2 is 1.94 bits per heavy atom. The van der Waals surface area contributed by atoms with Crippen molar-refractivity contribution in [3.05, 3.63) is 41.2 Å². The predicted molar refractivity (Wildman–Crippen MR) is 60.3 cm³/mol. The van der Waals surface area contributed by atoms with E-state index in [2.05, 4.69) is 4.74 Å². The molecule has 0 unspecified atom stereocenters. The second-order valence-corrected chi connectivity index (χ2v) is 3.40. The Morgan fingerprint density at radius 1 is 1.39 bits per heavy atom. The van der Waals surface area contributed by atoms with Crippen molar-refractivity contribution in [2.24, 2.45) is 0 Å². The van der Waals surface area contributed by atoms with Gasteiger partial charge in [-0.1, -0.05) is 29.8 Å². The standard InChI is InChI=1S/C13H13NO3.Na/c1-3-17-13(16)12(15)11(8-14)10-6-4-9(2)5-7-10;/h4-7,15H,3H2,1-2H3;/q;+1/p-1/b12-11-;. The van der Waals surface area contributed by atoms with Gasteiger partial charge in [-0.3, -0.25) is 0 Å². The van der Waals surface area contributed by atoms with Crippen LogP contribution in [0, 0.1) is 18.3 Å². The number of hydrogen-bond donors (Lipinski definition) is 0. The molecule has 0 radical (unpaired) electrons. The van der Waals surface area contributed by atoms with E-state index in [9.17, 15) is 9.90 Å². The fraction of sp³-hybridized carbons (Fsp3) is 0.231. The van der Waals surface area contributed by atoms with Gasteiger partial charge in [0.1, 0.15) is 0 Å². The van der Waals surface area contributed by atoms with Crippen molar-refractivity contribution in [3.63, 3.8) is 0 Å². The molecule has 4 nitrogen and oxygen atoms in total. The van der Waals surface area contributed by atoms with Crippen LogP contribution < -0.4 is 34.7 Å². The third-order valence-corrected chi connectivity index (χ3v) is 2.14. The number of nitrogens with zero attached hydrogens (tertiary/aromatic N) is 1. The van der Waals surface area contributed by atoms with Crippen LogP contribution in [0.4, 0.5) is 0 Å². The van der Waals surface area contributed by atoms with Crippen molar-refractivity contribution in [3.8, 4) is 6.07 Å². The Morgan fingerprint density at radius 3 is 2.39 bits per heavy atom. The zero-order valence-electron chi connectivity index (χ0n) is 10.7. The minimum absolute atomic E-state index is 0. The number of benzene rings is 1. The van der Waals surface area contributed by atoms with E-state index in [-0.39, 0.29) is 41.7 Å². The first kappa shape index (κ1) is 16.7. The van der Waals surface area contributed by atoms with Gasteiger partial charge >= 0.3 is 35.5 Å². The van der Waals surface area contributed by atoms with Gasteiger partial charge in [-0.15, -0.1) is 0 Å². The van der Waals surface area contributed by atoms with Crippen LogP contribution in [-0.2, 0) is 9.53 Å². The molecule has 0 bridgehead atoms. The quantitative estimate of drug-likeness (QED) is 0.208. The largest absolute Gasteiger partial charge is 1.00 e. The van der Waals surface area contributed by atoms with Gasteiger partial charge in [0.05, 0.1) is 18.2 Å². The van der Waals surface area contributed by atoms with Crippen LogP contribution in [-0.4, -0.2) is 12.6 Å². The van der Waals surface area contributed by atoms with E-state index in [1.165, 1.54) is 0 Å². The second-order valence-electron chi connectivity index (χ2n) is 3.40. The van der Waals surface area contributed by atoms with Gasteiger partial charge in [-0.2, -0.15) is 5.26 Å². The molecule has 0 atom stereocenters. The summed E-state index contributed by atoms with van der Waals surface area (Å²) in [5.41, 5.74) is 1.24. The van der Waals surface area contributed by atoms with Crippen molar-refractivity contribution in [1.29, 1.82) is 5.26 Å². The molecule has 0 heterocycles. The van der Waals surface area contributed by atoms with Gasteiger partial charge in [0, 0.05) is 0 Å². The first-order chi connectivity index (χ1) is 8.10. The van der Waals surface area contributed by atoms with Gasteiger partial charge in [-0.25, -0.2) is 4.79 Å². The molecular formula is C13H12NNaO3. The fourth-order valence-electron chi connectivity index (χ4n) is 1.27. The van der Waals surface area contributed by atoms with Gasteiger partial charge in [0.25, 0.3) is 0 Å². The number of esters is 1. The number of aryl methyl sites for hydroxylation is 1. The SMILES string of the molecule is CCOC(=O)/C([O-])=C(\C#N)c1ccc(C)cc1.[Na+]. The van der Waals surface area contributed by atoms with Crippen LogP contribution in [0.3, 0.4) is 0 Å². The van der Waals surface area contributed by atoms with Gasteiger partial charge in [0.2, 0.25) is 0 Å². The molecule has 0 N–H and O–H groups in total. The Balaban J connectivity index is 0.00000289. The molecule has 0 saturated carbocycles. The van der Waals surface area contributed by atoms with Crippen LogP contribution in [0.2, 0.25) is 0 Å². The van der Waals surface area contributed by atoms with Crippen LogP contribution in [0.15, 0.2) is 30.0 Å². The minimum Gasteiger partial charge on any atom is -0.867 e. The summed E-state index contributed by atoms with van der Waals surface area (Å²) < 4.78 is 4.57. The topological polar surface area (TPSA) is 73.2 Å². The smallest absolute Gasteiger partial charge is 0.867 e. The third kappa shape index (κ3) is 4.19. The van der Waals surface area contributed by atoms with Crippen molar-refractivity contribution >= 4 is 11.5 Å². The molecule has 0 aliphatic rings. The number of carbonyl (C=O) groups is 1. The number of ether oxygens (including phenoxy) is 1. The maximum absolute atomic E-state index is 11.6. The second kappa shape index (κ2) is 7.93. The van der Waals surface area contributed by atoms with Crippen molar-refractivity contribution < 1.29 is 44.2 Å². The number of carbonyl (C=O) groups excluding carboxylic acids is 1. The normalized spacial score (nSPS) is 10.7. The van der Waals surface area contributed by atoms with Gasteiger partial charge in [0.15, 0.2) is 0 Å². The maximum Gasteiger partial charge on any atom is 1.00 e. The Kier molecular flexibility index (Phi) is 7.37. The van der Waals surface area contributed by atoms with Crippen molar-refractivity contribution in [1.82, 2.24) is 0 Å². The average Bonchev–Trinajstić information content (AvgIpc) is 2.32. The Hall–Kier alpha value is -1.28. The van der Waals surface area contributed by atoms with E-state index >= 15 is 0 Å². The zero-order chi connectivity index (χ0) is 12.8.